The molecule has 0 bridgehead atoms. The zero-order valence-corrected chi connectivity index (χ0v) is 56.0. The van der Waals surface area contributed by atoms with E-state index in [0.29, 0.717) is 25.9 Å². The molecule has 1 amide bonds. The lowest BCUT2D eigenvalue weighted by Crippen LogP contribution is -2.45. The summed E-state index contributed by atoms with van der Waals surface area (Å²) in [5.74, 6) is -0.0116. The fourth-order valence-electron chi connectivity index (χ4n) is 12.3. The first-order valence-corrected chi connectivity index (χ1v) is 37.9. The van der Waals surface area contributed by atoms with Crippen molar-refractivity contribution < 1.29 is 24.5 Å². The van der Waals surface area contributed by atoms with Crippen LogP contribution in [0.25, 0.3) is 0 Å². The number of unbranched alkanes of at least 4 members (excludes halogenated alkanes) is 59. The normalized spacial score (nSPS) is 12.5. The van der Waals surface area contributed by atoms with Crippen LogP contribution in [0.3, 0.4) is 0 Å². The van der Waals surface area contributed by atoms with Crippen LogP contribution >= 0.6 is 0 Å². The molecule has 0 aliphatic heterocycles. The summed E-state index contributed by atoms with van der Waals surface area (Å²) in [6, 6.07) is -0.540. The minimum Gasteiger partial charge on any atom is -0.466 e. The van der Waals surface area contributed by atoms with E-state index in [0.717, 1.165) is 44.9 Å². The zero-order valence-electron chi connectivity index (χ0n) is 56.0. The first-order valence-electron chi connectivity index (χ1n) is 37.9. The molecule has 488 valence electrons. The van der Waals surface area contributed by atoms with Gasteiger partial charge in [-0.15, -0.1) is 0 Å². The van der Waals surface area contributed by atoms with Gasteiger partial charge in [-0.05, 0) is 51.4 Å². The van der Waals surface area contributed by atoms with E-state index in [1.54, 1.807) is 0 Å². The van der Waals surface area contributed by atoms with Crippen molar-refractivity contribution in [1.82, 2.24) is 5.32 Å². The molecule has 2 atom stereocenters. The van der Waals surface area contributed by atoms with Gasteiger partial charge < -0.3 is 20.3 Å². The van der Waals surface area contributed by atoms with E-state index in [1.807, 2.05) is 0 Å². The molecule has 0 aromatic rings. The van der Waals surface area contributed by atoms with Gasteiger partial charge in [0.15, 0.2) is 0 Å². The van der Waals surface area contributed by atoms with Crippen LogP contribution in [-0.4, -0.2) is 47.4 Å². The summed E-state index contributed by atoms with van der Waals surface area (Å²) >= 11 is 0. The van der Waals surface area contributed by atoms with Gasteiger partial charge in [0.05, 0.1) is 25.4 Å². The molecule has 3 N–H and O–H groups in total. The highest BCUT2D eigenvalue weighted by molar-refractivity contribution is 5.76. The summed E-state index contributed by atoms with van der Waals surface area (Å²) in [5.41, 5.74) is 0. The third kappa shape index (κ3) is 67.7. The molecule has 0 aromatic carbocycles. The summed E-state index contributed by atoms with van der Waals surface area (Å²) in [6.45, 7) is 5.00. The second-order valence-electron chi connectivity index (χ2n) is 26.3. The highest BCUT2D eigenvalue weighted by atomic mass is 16.5. The number of aliphatic hydroxyl groups excluding tert-OH is 2. The quantitative estimate of drug-likeness (QED) is 0.0320. The average molecular weight is 1160 g/mol. The second-order valence-corrected chi connectivity index (χ2v) is 26.3. The van der Waals surface area contributed by atoms with Crippen LogP contribution in [0.2, 0.25) is 0 Å². The maximum absolute atomic E-state index is 12.6. The molecule has 0 aromatic heterocycles. The summed E-state index contributed by atoms with van der Waals surface area (Å²) in [5, 5.41) is 23.4. The van der Waals surface area contributed by atoms with Crippen molar-refractivity contribution in [2.45, 2.75) is 450 Å². The Morgan fingerprint density at radius 2 is 0.573 bits per heavy atom. The molecule has 0 aliphatic carbocycles. The van der Waals surface area contributed by atoms with E-state index in [9.17, 15) is 19.8 Å². The van der Waals surface area contributed by atoms with E-state index < -0.39 is 12.1 Å². The lowest BCUT2D eigenvalue weighted by Gasteiger charge is -2.22. The highest BCUT2D eigenvalue weighted by Gasteiger charge is 2.20. The van der Waals surface area contributed by atoms with Gasteiger partial charge in [0.2, 0.25) is 5.91 Å². The van der Waals surface area contributed by atoms with Gasteiger partial charge in [0, 0.05) is 12.8 Å². The van der Waals surface area contributed by atoms with E-state index in [1.165, 1.54) is 360 Å². The molecule has 2 unspecified atom stereocenters. The van der Waals surface area contributed by atoms with Gasteiger partial charge in [-0.3, -0.25) is 9.59 Å². The topological polar surface area (TPSA) is 95.9 Å². The number of nitrogens with one attached hydrogen (secondary N) is 1. The molecule has 82 heavy (non-hydrogen) atoms. The van der Waals surface area contributed by atoms with Gasteiger partial charge in [-0.2, -0.15) is 0 Å². The van der Waals surface area contributed by atoms with Crippen LogP contribution in [0.5, 0.6) is 0 Å². The standard InChI is InChI=1S/C76H149NO5/c1-3-5-7-9-11-13-15-17-19-21-23-30-33-36-40-44-48-52-56-60-64-68-74(79)73(72-78)77-75(80)69-65-61-57-53-49-45-41-37-34-31-28-26-24-25-27-29-32-35-39-43-47-51-55-59-63-67-71-82-76(81)70-66-62-58-54-50-46-42-38-22-20-18-16-14-12-10-8-6-4-2/h20,22,73-74,78-79H,3-19,21,23-72H2,1-2H3,(H,77,80)/b22-20-. The monoisotopic (exact) mass is 1160 g/mol. The molecule has 0 rings (SSSR count). The zero-order chi connectivity index (χ0) is 59.2. The van der Waals surface area contributed by atoms with Crippen molar-refractivity contribution in [3.63, 3.8) is 0 Å². The fourth-order valence-corrected chi connectivity index (χ4v) is 12.3. The number of rotatable bonds is 72. The predicted molar refractivity (Wildman–Crippen MR) is 361 cm³/mol. The second kappa shape index (κ2) is 72.1. The van der Waals surface area contributed by atoms with E-state index >= 15 is 0 Å². The Bertz CT molecular complexity index is 1240. The summed E-state index contributed by atoms with van der Waals surface area (Å²) < 4.78 is 5.51. The number of ether oxygens (including phenoxy) is 1. The molecule has 0 saturated heterocycles. The fraction of sp³-hybridized carbons (Fsp3) is 0.947. The molecule has 6 heteroatoms. The highest BCUT2D eigenvalue weighted by Crippen LogP contribution is 2.20. The van der Waals surface area contributed by atoms with Crippen LogP contribution < -0.4 is 5.32 Å². The number of allylic oxidation sites excluding steroid dienone is 2. The van der Waals surface area contributed by atoms with Crippen molar-refractivity contribution in [3.8, 4) is 0 Å². The van der Waals surface area contributed by atoms with Gasteiger partial charge in [0.25, 0.3) is 0 Å². The van der Waals surface area contributed by atoms with Crippen LogP contribution in [0.15, 0.2) is 12.2 Å². The minimum absolute atomic E-state index is 0.0158. The first-order chi connectivity index (χ1) is 40.5. The Morgan fingerprint density at radius 1 is 0.329 bits per heavy atom. The maximum Gasteiger partial charge on any atom is 0.305 e. The van der Waals surface area contributed by atoms with Crippen LogP contribution in [0, 0.1) is 0 Å². The van der Waals surface area contributed by atoms with E-state index in [-0.39, 0.29) is 18.5 Å². The largest absolute Gasteiger partial charge is 0.466 e. The van der Waals surface area contributed by atoms with Crippen molar-refractivity contribution in [1.29, 1.82) is 0 Å². The average Bonchev–Trinajstić information content (AvgIpc) is 3.48. The third-order valence-corrected chi connectivity index (χ3v) is 18.1. The molecular formula is C76H149NO5. The third-order valence-electron chi connectivity index (χ3n) is 18.1. The Morgan fingerprint density at radius 3 is 0.866 bits per heavy atom. The van der Waals surface area contributed by atoms with Gasteiger partial charge >= 0.3 is 5.97 Å². The van der Waals surface area contributed by atoms with Crippen LogP contribution in [0.1, 0.15) is 438 Å². The van der Waals surface area contributed by atoms with Crippen LogP contribution in [0.4, 0.5) is 0 Å². The number of aliphatic hydroxyl groups is 2. The van der Waals surface area contributed by atoms with Crippen molar-refractivity contribution >= 4 is 11.9 Å². The Labute approximate surface area is 514 Å². The number of hydrogen-bond acceptors (Lipinski definition) is 5. The Kier molecular flexibility index (Phi) is 70.8. The Balaban J connectivity index is 3.34. The van der Waals surface area contributed by atoms with Crippen LogP contribution in [-0.2, 0) is 14.3 Å². The van der Waals surface area contributed by atoms with E-state index in [4.69, 9.17) is 4.74 Å². The summed E-state index contributed by atoms with van der Waals surface area (Å²) in [7, 11) is 0. The summed E-state index contributed by atoms with van der Waals surface area (Å²) in [4.78, 5) is 24.7. The molecule has 0 heterocycles. The van der Waals surface area contributed by atoms with Gasteiger partial charge in [-0.1, -0.05) is 386 Å². The smallest absolute Gasteiger partial charge is 0.305 e. The molecule has 0 saturated carbocycles. The lowest BCUT2D eigenvalue weighted by atomic mass is 10.0. The van der Waals surface area contributed by atoms with Gasteiger partial charge in [-0.25, -0.2) is 0 Å². The molecule has 0 fully saturated rings. The minimum atomic E-state index is -0.663. The van der Waals surface area contributed by atoms with Crippen molar-refractivity contribution in [2.75, 3.05) is 13.2 Å². The number of esters is 1. The number of amides is 1. The lowest BCUT2D eigenvalue weighted by molar-refractivity contribution is -0.143. The SMILES string of the molecule is CCCCCCCCC/C=C\CCCCCCCCCC(=O)OCCCCCCCCCCCCCCCCCCCCCCCCCCCCC(=O)NC(CO)C(O)CCCCCCCCCCCCCCCCCCCCCCC. The Hall–Kier alpha value is -1.40. The van der Waals surface area contributed by atoms with Crippen molar-refractivity contribution in [3.05, 3.63) is 12.2 Å². The molecule has 0 radical (unpaired) electrons. The van der Waals surface area contributed by atoms with Crippen molar-refractivity contribution in [2.24, 2.45) is 0 Å². The summed E-state index contributed by atoms with van der Waals surface area (Å²) in [6.07, 6.45) is 89.9. The van der Waals surface area contributed by atoms with E-state index in [2.05, 4.69) is 31.3 Å². The van der Waals surface area contributed by atoms with Gasteiger partial charge in [0.1, 0.15) is 0 Å². The number of hydrogen-bond donors (Lipinski definition) is 3. The first kappa shape index (κ1) is 80.6. The number of carbonyl (C=O) groups is 2. The molecular weight excluding hydrogens is 1010 g/mol. The molecule has 6 nitrogen and oxygen atoms in total. The predicted octanol–water partition coefficient (Wildman–Crippen LogP) is 24.7. The molecule has 0 spiro atoms. The molecule has 0 aliphatic rings. The number of carbonyl (C=O) groups excluding carboxylic acids is 2. The maximum atomic E-state index is 12.6.